The molecule has 3 aromatic carbocycles. The van der Waals surface area contributed by atoms with E-state index in [0.717, 1.165) is 23.1 Å². The summed E-state index contributed by atoms with van der Waals surface area (Å²) in [6.45, 7) is 6.77. The van der Waals surface area contributed by atoms with Gasteiger partial charge in [-0.2, -0.15) is 0 Å². The van der Waals surface area contributed by atoms with E-state index in [4.69, 9.17) is 9.16 Å². The zero-order valence-corrected chi connectivity index (χ0v) is 23.3. The third kappa shape index (κ3) is 4.56. The van der Waals surface area contributed by atoms with Crippen LogP contribution in [0.2, 0.25) is 13.1 Å². The second-order valence-corrected chi connectivity index (χ2v) is 15.2. The third-order valence-corrected chi connectivity index (χ3v) is 11.6. The fraction of sp³-hybridized carbons (Fsp3) is 0.364. The van der Waals surface area contributed by atoms with E-state index >= 15 is 0 Å². The maximum atomic E-state index is 13.5. The Morgan fingerprint density at radius 3 is 1.70 bits per heavy atom. The minimum absolute atomic E-state index is 0.0722. The van der Waals surface area contributed by atoms with Gasteiger partial charge in [-0.1, -0.05) is 110 Å². The molecule has 0 aromatic heterocycles. The van der Waals surface area contributed by atoms with Crippen molar-refractivity contribution in [3.05, 3.63) is 120 Å². The summed E-state index contributed by atoms with van der Waals surface area (Å²) in [5.41, 5.74) is 2.59. The summed E-state index contributed by atoms with van der Waals surface area (Å²) in [4.78, 5) is 13.5. The molecule has 0 unspecified atom stereocenters. The summed E-state index contributed by atoms with van der Waals surface area (Å²) in [5, 5.41) is 0. The minimum Gasteiger partial charge on any atom is -0.407 e. The number of carbonyl (C=O) groups is 1. The van der Waals surface area contributed by atoms with Crippen LogP contribution in [-0.4, -0.2) is 33.5 Å². The predicted octanol–water partition coefficient (Wildman–Crippen LogP) is 6.82. The van der Waals surface area contributed by atoms with Crippen molar-refractivity contribution in [2.45, 2.75) is 37.6 Å². The molecule has 1 fully saturated rings. The van der Waals surface area contributed by atoms with Crippen molar-refractivity contribution in [1.82, 2.24) is 0 Å². The molecule has 3 nitrogen and oxygen atoms in total. The Bertz CT molecular complexity index is 1130. The maximum Gasteiger partial charge on any atom is 0.217 e. The summed E-state index contributed by atoms with van der Waals surface area (Å²) in [6, 6.07) is 31.8. The molecule has 0 saturated heterocycles. The van der Waals surface area contributed by atoms with Crippen LogP contribution in [0, 0.1) is 23.7 Å². The van der Waals surface area contributed by atoms with E-state index in [1.807, 2.05) is 0 Å². The molecule has 2 aliphatic rings. The largest absolute Gasteiger partial charge is 0.407 e. The molecule has 2 bridgehead atoms. The van der Waals surface area contributed by atoms with Gasteiger partial charge in [0.25, 0.3) is 0 Å². The Hall–Kier alpha value is -2.79. The van der Waals surface area contributed by atoms with Gasteiger partial charge >= 0.3 is 0 Å². The molecule has 5 rings (SSSR count). The van der Waals surface area contributed by atoms with Crippen LogP contribution in [0.1, 0.15) is 30.0 Å². The number of ketones is 1. The first-order valence-electron chi connectivity index (χ1n) is 13.4. The van der Waals surface area contributed by atoms with Crippen LogP contribution in [-0.2, 0) is 19.4 Å². The third-order valence-electron chi connectivity index (χ3n) is 8.76. The lowest BCUT2D eigenvalue weighted by molar-refractivity contribution is -0.127. The Balaban J connectivity index is 1.56. The SMILES string of the molecule is CO[C@@H](C(c1ccccc1)(c1ccccc1)c1ccccc1)[Si](C)(C)OCC(=O)[C@H]1[C@H](C)[C@H]2C=C[C@@H]1C2. The molecular formula is C33H38O3Si. The number of carbonyl (C=O) groups excluding carboxylic acids is 1. The smallest absolute Gasteiger partial charge is 0.217 e. The number of Topliss-reactive ketones (excluding diaryl/α,β-unsaturated/α-hetero) is 1. The van der Waals surface area contributed by atoms with E-state index in [1.54, 1.807) is 7.11 Å². The number of hydrogen-bond donors (Lipinski definition) is 0. The van der Waals surface area contributed by atoms with Crippen LogP contribution in [0.4, 0.5) is 0 Å². The van der Waals surface area contributed by atoms with Crippen LogP contribution in [0.3, 0.4) is 0 Å². The highest BCUT2D eigenvalue weighted by atomic mass is 28.4. The fourth-order valence-corrected chi connectivity index (χ4v) is 9.85. The van der Waals surface area contributed by atoms with Crippen molar-refractivity contribution in [3.63, 3.8) is 0 Å². The van der Waals surface area contributed by atoms with Crippen LogP contribution in [0.15, 0.2) is 103 Å². The molecule has 3 aromatic rings. The van der Waals surface area contributed by atoms with Gasteiger partial charge in [0.1, 0.15) is 0 Å². The average Bonchev–Trinajstić information content (AvgIpc) is 3.53. The molecule has 5 atom stereocenters. The van der Waals surface area contributed by atoms with Crippen LogP contribution >= 0.6 is 0 Å². The number of hydrogen-bond acceptors (Lipinski definition) is 3. The van der Waals surface area contributed by atoms with Crippen molar-refractivity contribution in [3.8, 4) is 0 Å². The fourth-order valence-electron chi connectivity index (χ4n) is 7.07. The average molecular weight is 511 g/mol. The summed E-state index contributed by atoms with van der Waals surface area (Å²) in [7, 11) is -0.846. The monoisotopic (exact) mass is 510 g/mol. The Kier molecular flexibility index (Phi) is 7.35. The molecular weight excluding hydrogens is 472 g/mol. The second kappa shape index (κ2) is 10.5. The van der Waals surface area contributed by atoms with Gasteiger partial charge in [-0.15, -0.1) is 0 Å². The van der Waals surface area contributed by atoms with Gasteiger partial charge in [-0.25, -0.2) is 0 Å². The number of benzene rings is 3. The zero-order chi connectivity index (χ0) is 26.0. The van der Waals surface area contributed by atoms with Gasteiger partial charge in [0, 0.05) is 13.0 Å². The van der Waals surface area contributed by atoms with Gasteiger partial charge in [0.05, 0.1) is 17.7 Å². The first kappa shape index (κ1) is 25.8. The Morgan fingerprint density at radius 1 is 0.838 bits per heavy atom. The van der Waals surface area contributed by atoms with E-state index < -0.39 is 13.7 Å². The van der Waals surface area contributed by atoms with E-state index in [9.17, 15) is 4.79 Å². The number of rotatable bonds is 10. The van der Waals surface area contributed by atoms with Gasteiger partial charge in [-0.05, 0) is 54.0 Å². The number of fused-ring (bicyclic) bond motifs is 2. The van der Waals surface area contributed by atoms with E-state index in [-0.39, 0.29) is 24.0 Å². The highest BCUT2D eigenvalue weighted by Crippen LogP contribution is 2.49. The summed E-state index contributed by atoms with van der Waals surface area (Å²) < 4.78 is 13.2. The van der Waals surface area contributed by atoms with E-state index in [0.29, 0.717) is 17.8 Å². The van der Waals surface area contributed by atoms with Crippen molar-refractivity contribution < 1.29 is 14.0 Å². The van der Waals surface area contributed by atoms with Gasteiger partial charge in [0.2, 0.25) is 8.32 Å². The van der Waals surface area contributed by atoms with E-state index in [1.165, 1.54) is 0 Å². The first-order chi connectivity index (χ1) is 17.9. The normalized spacial score (nSPS) is 23.8. The topological polar surface area (TPSA) is 35.5 Å². The standard InChI is InChI=1S/C33H38O3Si/c1-24-25-20-21-26(22-25)31(24)30(34)23-36-37(3,4)32(35-2)33(27-14-8-5-9-15-27,28-16-10-6-11-17-28)29-18-12-7-13-19-29/h5-21,24-26,31-32H,22-23H2,1-4H3/t24-,25+,26-,31+,32-/m1/s1. The van der Waals surface area contributed by atoms with Crippen molar-refractivity contribution in [1.29, 1.82) is 0 Å². The lowest BCUT2D eigenvalue weighted by Crippen LogP contribution is -2.59. The summed E-state index contributed by atoms with van der Waals surface area (Å²) in [6.07, 6.45) is 5.66. The van der Waals surface area contributed by atoms with Gasteiger partial charge in [0.15, 0.2) is 5.78 Å². The molecule has 37 heavy (non-hydrogen) atoms. The van der Waals surface area contributed by atoms with Crippen molar-refractivity contribution in [2.75, 3.05) is 13.7 Å². The van der Waals surface area contributed by atoms with Gasteiger partial charge in [-0.3, -0.25) is 4.79 Å². The lowest BCUT2D eigenvalue weighted by atomic mass is 9.69. The molecule has 0 heterocycles. The van der Waals surface area contributed by atoms with Crippen LogP contribution in [0.25, 0.3) is 0 Å². The first-order valence-corrected chi connectivity index (χ1v) is 16.4. The molecule has 192 valence electrons. The van der Waals surface area contributed by atoms with Gasteiger partial charge < -0.3 is 9.16 Å². The van der Waals surface area contributed by atoms with Crippen LogP contribution < -0.4 is 0 Å². The molecule has 0 spiro atoms. The Labute approximate surface area is 222 Å². The summed E-state index contributed by atoms with van der Waals surface area (Å²) >= 11 is 0. The zero-order valence-electron chi connectivity index (χ0n) is 22.3. The second-order valence-electron chi connectivity index (χ2n) is 11.2. The van der Waals surface area contributed by atoms with Crippen molar-refractivity contribution in [2.24, 2.45) is 23.7 Å². The molecule has 0 N–H and O–H groups in total. The molecule has 4 heteroatoms. The predicted molar refractivity (Wildman–Crippen MR) is 152 cm³/mol. The number of allylic oxidation sites excluding steroid dienone is 2. The molecule has 0 aliphatic heterocycles. The summed E-state index contributed by atoms with van der Waals surface area (Å²) in [5.74, 6) is 1.62. The minimum atomic E-state index is -2.63. The van der Waals surface area contributed by atoms with E-state index in [2.05, 4.69) is 123 Å². The number of ether oxygens (including phenoxy) is 1. The molecule has 1 saturated carbocycles. The Morgan fingerprint density at radius 2 is 1.30 bits per heavy atom. The quantitative estimate of drug-likeness (QED) is 0.170. The molecule has 0 radical (unpaired) electrons. The number of methoxy groups -OCH3 is 1. The molecule has 0 amide bonds. The highest BCUT2D eigenvalue weighted by Gasteiger charge is 2.53. The van der Waals surface area contributed by atoms with Crippen molar-refractivity contribution >= 4 is 14.1 Å². The molecule has 2 aliphatic carbocycles. The highest BCUT2D eigenvalue weighted by molar-refractivity contribution is 6.73. The van der Waals surface area contributed by atoms with Crippen LogP contribution in [0.5, 0.6) is 0 Å². The lowest BCUT2D eigenvalue weighted by Gasteiger charge is -2.47. The maximum absolute atomic E-state index is 13.5.